The number of alkyl halides is 6. The molecule has 3 N–H and O–H groups in total. The van der Waals surface area contributed by atoms with Crippen molar-refractivity contribution in [2.24, 2.45) is 0 Å². The van der Waals surface area contributed by atoms with Crippen LogP contribution in [0.15, 0.2) is 48.7 Å². The molecule has 2 atom stereocenters. The van der Waals surface area contributed by atoms with Gasteiger partial charge in [0.1, 0.15) is 6.54 Å². The summed E-state index contributed by atoms with van der Waals surface area (Å²) in [6.45, 7) is -0.949. The van der Waals surface area contributed by atoms with Crippen molar-refractivity contribution in [1.82, 2.24) is 15.2 Å². The summed E-state index contributed by atoms with van der Waals surface area (Å²) in [4.78, 5) is 41.3. The van der Waals surface area contributed by atoms with E-state index in [-0.39, 0.29) is 31.2 Å². The van der Waals surface area contributed by atoms with Gasteiger partial charge in [0.2, 0.25) is 5.91 Å². The number of rotatable bonds is 6. The molecule has 1 saturated heterocycles. The summed E-state index contributed by atoms with van der Waals surface area (Å²) in [5.74, 6) is -3.79. The number of H-pyrrole nitrogens is 1. The van der Waals surface area contributed by atoms with Crippen molar-refractivity contribution in [1.29, 1.82) is 0 Å². The third-order valence-electron chi connectivity index (χ3n) is 6.00. The lowest BCUT2D eigenvalue weighted by molar-refractivity contribution is -0.146. The fraction of sp³-hybridized carbons (Fsp3) is 0.292. The van der Waals surface area contributed by atoms with Crippen molar-refractivity contribution in [3.63, 3.8) is 0 Å². The van der Waals surface area contributed by atoms with Gasteiger partial charge in [0, 0.05) is 35.2 Å². The number of carboxylic acid groups (broad SMARTS) is 1. The first-order valence-corrected chi connectivity index (χ1v) is 10.9. The Morgan fingerprint density at radius 3 is 2.22 bits per heavy atom. The molecular weight excluding hydrogens is 508 g/mol. The Morgan fingerprint density at radius 2 is 1.62 bits per heavy atom. The van der Waals surface area contributed by atoms with Crippen molar-refractivity contribution in [2.45, 2.75) is 30.9 Å². The Kier molecular flexibility index (Phi) is 6.76. The Hall–Kier alpha value is -3.87. The third-order valence-corrected chi connectivity index (χ3v) is 6.00. The number of hydrogen-bond acceptors (Lipinski definition) is 4. The van der Waals surface area contributed by atoms with Crippen molar-refractivity contribution in [3.05, 3.63) is 70.9 Å². The molecule has 1 aromatic heterocycles. The van der Waals surface area contributed by atoms with Gasteiger partial charge in [-0.05, 0) is 36.2 Å². The molecule has 2 aromatic carbocycles. The average molecular weight is 527 g/mol. The summed E-state index contributed by atoms with van der Waals surface area (Å²) in [7, 11) is 0. The topological polar surface area (TPSA) is 102 Å². The molecule has 1 fully saturated rings. The smallest absolute Gasteiger partial charge is 0.416 e. The fourth-order valence-corrected chi connectivity index (χ4v) is 4.35. The van der Waals surface area contributed by atoms with Gasteiger partial charge in [-0.3, -0.25) is 19.7 Å². The lowest BCUT2D eigenvalue weighted by atomic mass is 9.94. The van der Waals surface area contributed by atoms with Crippen molar-refractivity contribution >= 4 is 28.6 Å². The van der Waals surface area contributed by atoms with Crippen LogP contribution < -0.4 is 5.32 Å². The summed E-state index contributed by atoms with van der Waals surface area (Å²) in [5, 5.41) is 12.7. The van der Waals surface area contributed by atoms with Gasteiger partial charge in [-0.1, -0.05) is 18.2 Å². The normalized spacial score (nSPS) is 18.9. The number of piperazine rings is 1. The molecule has 1 amide bonds. The summed E-state index contributed by atoms with van der Waals surface area (Å²) >= 11 is 0. The minimum Gasteiger partial charge on any atom is -0.480 e. The van der Waals surface area contributed by atoms with E-state index in [4.69, 9.17) is 0 Å². The van der Waals surface area contributed by atoms with Gasteiger partial charge in [-0.2, -0.15) is 26.3 Å². The van der Waals surface area contributed by atoms with Gasteiger partial charge in [0.05, 0.1) is 11.1 Å². The number of nitrogens with zero attached hydrogens (tertiary/aromatic N) is 1. The van der Waals surface area contributed by atoms with Gasteiger partial charge in [0.25, 0.3) is 0 Å². The van der Waals surface area contributed by atoms with Crippen LogP contribution in [0.1, 0.15) is 27.0 Å². The number of fused-ring (bicyclic) bond motifs is 1. The highest BCUT2D eigenvalue weighted by Gasteiger charge is 2.42. The molecule has 4 rings (SSSR count). The quantitative estimate of drug-likeness (QED) is 0.257. The van der Waals surface area contributed by atoms with Crippen molar-refractivity contribution in [3.8, 4) is 0 Å². The SMILES string of the molecule is O=C(O)CN1CC(Cc2c[nH]c3ccccc23)NC(C(=O)c2cc(C(F)(F)F)cc(C(F)(F)F)c2)C1=O. The Bertz CT molecular complexity index is 1330. The monoisotopic (exact) mass is 527 g/mol. The van der Waals surface area contributed by atoms with Crippen LogP contribution in [0.25, 0.3) is 10.9 Å². The second-order valence-electron chi connectivity index (χ2n) is 8.63. The standard InChI is InChI=1S/C24H19F6N3O4/c25-23(26,27)14-5-12(6-15(8-14)24(28,29)30)21(36)20-22(37)33(11-19(34)35)10-16(32-20)7-13-9-31-18-4-2-1-3-17(13)18/h1-6,8-9,16,20,31-32H,7,10-11H2,(H,34,35). The Balaban J connectivity index is 1.70. The molecule has 7 nitrogen and oxygen atoms in total. The number of aliphatic carboxylic acids is 1. The first-order chi connectivity index (χ1) is 17.2. The van der Waals surface area contributed by atoms with E-state index < -0.39 is 65.3 Å². The summed E-state index contributed by atoms with van der Waals surface area (Å²) < 4.78 is 79.7. The largest absolute Gasteiger partial charge is 0.480 e. The number of carboxylic acids is 1. The number of hydrogen-bond donors (Lipinski definition) is 3. The summed E-state index contributed by atoms with van der Waals surface area (Å²) in [6.07, 6.45) is -8.50. The van der Waals surface area contributed by atoms with Crippen LogP contribution in [0.2, 0.25) is 0 Å². The number of carbonyl (C=O) groups excluding carboxylic acids is 2. The van der Waals surface area contributed by atoms with E-state index in [9.17, 15) is 45.8 Å². The van der Waals surface area contributed by atoms with Gasteiger partial charge in [0.15, 0.2) is 11.8 Å². The number of aromatic amines is 1. The predicted molar refractivity (Wildman–Crippen MR) is 118 cm³/mol. The zero-order valence-electron chi connectivity index (χ0n) is 18.8. The number of Topliss-reactive ketones (excluding diaryl/α,β-unsaturated/α-hetero) is 1. The molecule has 0 aliphatic carbocycles. The predicted octanol–water partition coefficient (Wildman–Crippen LogP) is 3.88. The molecule has 0 saturated carbocycles. The zero-order valence-corrected chi connectivity index (χ0v) is 18.8. The van der Waals surface area contributed by atoms with Crippen molar-refractivity contribution < 1.29 is 45.8 Å². The first-order valence-electron chi connectivity index (χ1n) is 10.9. The number of halogens is 6. The van der Waals surface area contributed by atoms with Crippen LogP contribution in [0, 0.1) is 0 Å². The lowest BCUT2D eigenvalue weighted by Crippen LogP contribution is -2.63. The first kappa shape index (κ1) is 26.2. The molecule has 196 valence electrons. The van der Waals surface area contributed by atoms with E-state index in [1.165, 1.54) is 0 Å². The van der Waals surface area contributed by atoms with E-state index in [0.29, 0.717) is 0 Å². The van der Waals surface area contributed by atoms with Crippen LogP contribution in [0.4, 0.5) is 26.3 Å². The van der Waals surface area contributed by atoms with E-state index >= 15 is 0 Å². The van der Waals surface area contributed by atoms with Gasteiger partial charge in [-0.25, -0.2) is 0 Å². The molecule has 0 bridgehead atoms. The van der Waals surface area contributed by atoms with Crippen molar-refractivity contribution in [2.75, 3.05) is 13.1 Å². The van der Waals surface area contributed by atoms with E-state index in [0.717, 1.165) is 21.4 Å². The van der Waals surface area contributed by atoms with Crippen LogP contribution in [-0.4, -0.2) is 57.8 Å². The minimum absolute atomic E-state index is 0.122. The second kappa shape index (κ2) is 9.54. The number of para-hydroxylation sites is 1. The van der Waals surface area contributed by atoms with Crippen LogP contribution >= 0.6 is 0 Å². The molecule has 13 heteroatoms. The van der Waals surface area contributed by atoms with Gasteiger partial charge in [-0.15, -0.1) is 0 Å². The highest BCUT2D eigenvalue weighted by molar-refractivity contribution is 6.14. The number of nitrogens with one attached hydrogen (secondary N) is 2. The van der Waals surface area contributed by atoms with E-state index in [1.54, 1.807) is 18.3 Å². The highest BCUT2D eigenvalue weighted by Crippen LogP contribution is 2.36. The van der Waals surface area contributed by atoms with Crippen LogP contribution in [0.5, 0.6) is 0 Å². The molecular formula is C24H19F6N3O4. The maximum atomic E-state index is 13.3. The molecule has 2 unspecified atom stereocenters. The van der Waals surface area contributed by atoms with Crippen LogP contribution in [0.3, 0.4) is 0 Å². The minimum atomic E-state index is -5.19. The molecule has 3 aromatic rings. The molecule has 37 heavy (non-hydrogen) atoms. The molecule has 2 heterocycles. The summed E-state index contributed by atoms with van der Waals surface area (Å²) in [5.41, 5.74) is -2.83. The Morgan fingerprint density at radius 1 is 1.00 bits per heavy atom. The molecule has 1 aliphatic heterocycles. The van der Waals surface area contributed by atoms with Gasteiger partial charge < -0.3 is 15.0 Å². The van der Waals surface area contributed by atoms with E-state index in [2.05, 4.69) is 10.3 Å². The number of amides is 1. The number of carbonyl (C=O) groups is 3. The number of aromatic nitrogens is 1. The molecule has 1 aliphatic rings. The van der Waals surface area contributed by atoms with E-state index in [1.807, 2.05) is 12.1 Å². The second-order valence-corrected chi connectivity index (χ2v) is 8.63. The van der Waals surface area contributed by atoms with Gasteiger partial charge >= 0.3 is 18.3 Å². The molecule has 0 radical (unpaired) electrons. The average Bonchev–Trinajstić information content (AvgIpc) is 3.21. The highest BCUT2D eigenvalue weighted by atomic mass is 19.4. The Labute approximate surface area is 205 Å². The fourth-order valence-electron chi connectivity index (χ4n) is 4.35. The third kappa shape index (κ3) is 5.61. The molecule has 0 spiro atoms. The number of ketones is 1. The maximum absolute atomic E-state index is 13.3. The maximum Gasteiger partial charge on any atom is 0.416 e. The van der Waals surface area contributed by atoms with Crippen LogP contribution in [-0.2, 0) is 28.4 Å². The summed E-state index contributed by atoms with van der Waals surface area (Å²) in [6, 6.07) is 4.98. The zero-order chi connectivity index (χ0) is 27.1. The lowest BCUT2D eigenvalue weighted by Gasteiger charge is -2.37. The number of benzene rings is 2.